The van der Waals surface area contributed by atoms with E-state index in [1.807, 2.05) is 18.2 Å². The molecule has 1 amide bonds. The lowest BCUT2D eigenvalue weighted by Crippen LogP contribution is -2.37. The van der Waals surface area contributed by atoms with Crippen molar-refractivity contribution in [1.29, 1.82) is 0 Å². The van der Waals surface area contributed by atoms with E-state index in [1.54, 1.807) is 11.0 Å². The van der Waals surface area contributed by atoms with Gasteiger partial charge in [-0.05, 0) is 48.6 Å². The molecule has 0 unspecified atom stereocenters. The van der Waals surface area contributed by atoms with Gasteiger partial charge in [-0.25, -0.2) is 8.42 Å². The largest absolute Gasteiger partial charge is 0.496 e. The summed E-state index contributed by atoms with van der Waals surface area (Å²) in [5, 5.41) is 0. The van der Waals surface area contributed by atoms with Gasteiger partial charge in [0, 0.05) is 26.2 Å². The number of amides is 1. The van der Waals surface area contributed by atoms with E-state index in [4.69, 9.17) is 4.74 Å². The first-order chi connectivity index (χ1) is 14.0. The maximum absolute atomic E-state index is 13.3. The number of methoxy groups -OCH3 is 1. The molecule has 1 fully saturated rings. The molecule has 2 aliphatic rings. The van der Waals surface area contributed by atoms with Gasteiger partial charge < -0.3 is 9.64 Å². The number of piperidine rings is 1. The number of carbonyl (C=O) groups is 1. The topological polar surface area (TPSA) is 66.9 Å². The van der Waals surface area contributed by atoms with Gasteiger partial charge in [-0.3, -0.25) is 4.79 Å². The number of rotatable bonds is 4. The van der Waals surface area contributed by atoms with Crippen molar-refractivity contribution in [3.05, 3.63) is 59.2 Å². The van der Waals surface area contributed by atoms with Crippen molar-refractivity contribution in [1.82, 2.24) is 9.21 Å². The van der Waals surface area contributed by atoms with Crippen molar-refractivity contribution in [2.75, 3.05) is 26.7 Å². The monoisotopic (exact) mass is 414 g/mol. The molecular weight excluding hydrogens is 388 g/mol. The molecule has 7 heteroatoms. The van der Waals surface area contributed by atoms with Crippen molar-refractivity contribution in [3.63, 3.8) is 0 Å². The molecule has 0 N–H and O–H groups in total. The van der Waals surface area contributed by atoms with Crippen molar-refractivity contribution in [2.45, 2.75) is 37.1 Å². The summed E-state index contributed by atoms with van der Waals surface area (Å²) >= 11 is 0. The lowest BCUT2D eigenvalue weighted by molar-refractivity contribution is 0.0731. The molecule has 0 aliphatic carbocycles. The molecule has 4 rings (SSSR count). The van der Waals surface area contributed by atoms with Crippen LogP contribution in [0.15, 0.2) is 47.4 Å². The minimum absolute atomic E-state index is 0.154. The van der Waals surface area contributed by atoms with E-state index in [-0.39, 0.29) is 10.8 Å². The van der Waals surface area contributed by atoms with Gasteiger partial charge in [0.25, 0.3) is 5.91 Å². The number of carbonyl (C=O) groups excluding carboxylic acids is 1. The predicted molar refractivity (Wildman–Crippen MR) is 110 cm³/mol. The summed E-state index contributed by atoms with van der Waals surface area (Å²) < 4.78 is 33.0. The van der Waals surface area contributed by atoms with Crippen LogP contribution in [0.1, 0.15) is 40.7 Å². The Hall–Kier alpha value is -2.38. The Kier molecular flexibility index (Phi) is 5.61. The molecule has 0 radical (unpaired) electrons. The van der Waals surface area contributed by atoms with Crippen LogP contribution in [0.3, 0.4) is 0 Å². The first-order valence-corrected chi connectivity index (χ1v) is 11.5. The SMILES string of the molecule is COc1ccc(S(=O)(=O)N2CCCCC2)cc1C(=O)N1CCc2ccccc2C1. The highest BCUT2D eigenvalue weighted by molar-refractivity contribution is 7.89. The van der Waals surface area contributed by atoms with Crippen LogP contribution in [0.5, 0.6) is 5.75 Å². The van der Waals surface area contributed by atoms with E-state index in [2.05, 4.69) is 6.07 Å². The second-order valence-electron chi connectivity index (χ2n) is 7.57. The molecular formula is C22H26N2O4S. The summed E-state index contributed by atoms with van der Waals surface area (Å²) in [6, 6.07) is 12.7. The molecule has 0 atom stereocenters. The van der Waals surface area contributed by atoms with Gasteiger partial charge in [0.1, 0.15) is 5.75 Å². The van der Waals surface area contributed by atoms with Crippen molar-refractivity contribution in [3.8, 4) is 5.75 Å². The molecule has 0 spiro atoms. The summed E-state index contributed by atoms with van der Waals surface area (Å²) in [5.41, 5.74) is 2.68. The van der Waals surface area contributed by atoms with Crippen LogP contribution in [0, 0.1) is 0 Å². The Morgan fingerprint density at radius 3 is 2.41 bits per heavy atom. The third kappa shape index (κ3) is 3.89. The molecule has 1 saturated heterocycles. The third-order valence-corrected chi connectivity index (χ3v) is 7.67. The highest BCUT2D eigenvalue weighted by Crippen LogP contribution is 2.29. The summed E-state index contributed by atoms with van der Waals surface area (Å²) in [6.07, 6.45) is 3.58. The zero-order chi connectivity index (χ0) is 20.4. The van der Waals surface area contributed by atoms with Crippen LogP contribution in [-0.2, 0) is 23.0 Å². The van der Waals surface area contributed by atoms with Crippen LogP contribution in [0.2, 0.25) is 0 Å². The van der Waals surface area contributed by atoms with E-state index in [0.717, 1.165) is 31.2 Å². The van der Waals surface area contributed by atoms with Crippen molar-refractivity contribution >= 4 is 15.9 Å². The van der Waals surface area contributed by atoms with Gasteiger partial charge in [-0.2, -0.15) is 4.31 Å². The van der Waals surface area contributed by atoms with E-state index >= 15 is 0 Å². The number of fused-ring (bicyclic) bond motifs is 1. The summed E-state index contributed by atoms with van der Waals surface area (Å²) in [6.45, 7) is 2.17. The molecule has 29 heavy (non-hydrogen) atoms. The standard InChI is InChI=1S/C22H26N2O4S/c1-28-21-10-9-19(29(26,27)24-12-5-2-6-13-24)15-20(21)22(25)23-14-11-17-7-3-4-8-18(17)16-23/h3-4,7-10,15H,2,5-6,11-14,16H2,1H3. The number of benzene rings is 2. The third-order valence-electron chi connectivity index (χ3n) is 5.77. The van der Waals surface area contributed by atoms with Gasteiger partial charge in [0.2, 0.25) is 10.0 Å². The average Bonchev–Trinajstić information content (AvgIpc) is 2.78. The molecule has 2 aliphatic heterocycles. The summed E-state index contributed by atoms with van der Waals surface area (Å²) in [5.74, 6) is 0.193. The fourth-order valence-corrected chi connectivity index (χ4v) is 5.65. The van der Waals surface area contributed by atoms with Crippen LogP contribution < -0.4 is 4.74 Å². The number of sulfonamides is 1. The molecule has 2 heterocycles. The fraction of sp³-hybridized carbons (Fsp3) is 0.409. The predicted octanol–water partition coefficient (Wildman–Crippen LogP) is 3.07. The fourth-order valence-electron chi connectivity index (χ4n) is 4.11. The highest BCUT2D eigenvalue weighted by atomic mass is 32.2. The van der Waals surface area contributed by atoms with Gasteiger partial charge in [-0.1, -0.05) is 30.7 Å². The molecule has 154 valence electrons. The number of hydrogen-bond acceptors (Lipinski definition) is 4. The van der Waals surface area contributed by atoms with Gasteiger partial charge in [-0.15, -0.1) is 0 Å². The van der Waals surface area contributed by atoms with Crippen LogP contribution >= 0.6 is 0 Å². The number of hydrogen-bond donors (Lipinski definition) is 0. The van der Waals surface area contributed by atoms with Gasteiger partial charge >= 0.3 is 0 Å². The smallest absolute Gasteiger partial charge is 0.257 e. The molecule has 0 saturated carbocycles. The number of ether oxygens (including phenoxy) is 1. The number of nitrogens with zero attached hydrogens (tertiary/aromatic N) is 2. The summed E-state index contributed by atoms with van der Waals surface area (Å²) in [4.78, 5) is 15.2. The van der Waals surface area contributed by atoms with Crippen molar-refractivity contribution in [2.24, 2.45) is 0 Å². The normalized spacial score (nSPS) is 17.6. The van der Waals surface area contributed by atoms with E-state index in [0.29, 0.717) is 37.5 Å². The molecule has 0 bridgehead atoms. The minimum atomic E-state index is -3.62. The Bertz CT molecular complexity index is 1010. The van der Waals surface area contributed by atoms with Crippen molar-refractivity contribution < 1.29 is 17.9 Å². The first-order valence-electron chi connectivity index (χ1n) is 10.0. The highest BCUT2D eigenvalue weighted by Gasteiger charge is 2.29. The van der Waals surface area contributed by atoms with E-state index in [9.17, 15) is 13.2 Å². The minimum Gasteiger partial charge on any atom is -0.496 e. The second kappa shape index (κ2) is 8.16. The maximum Gasteiger partial charge on any atom is 0.257 e. The molecule has 2 aromatic carbocycles. The zero-order valence-corrected chi connectivity index (χ0v) is 17.5. The lowest BCUT2D eigenvalue weighted by Gasteiger charge is -2.30. The average molecular weight is 415 g/mol. The van der Waals surface area contributed by atoms with Gasteiger partial charge in [0.15, 0.2) is 0 Å². The Balaban J connectivity index is 1.64. The molecule has 2 aromatic rings. The molecule has 0 aromatic heterocycles. The molecule has 6 nitrogen and oxygen atoms in total. The Labute approximate surface area is 172 Å². The zero-order valence-electron chi connectivity index (χ0n) is 16.6. The van der Waals surface area contributed by atoms with Gasteiger partial charge in [0.05, 0.1) is 17.6 Å². The first kappa shape index (κ1) is 19.9. The van der Waals surface area contributed by atoms with Crippen LogP contribution in [-0.4, -0.2) is 50.3 Å². The Morgan fingerprint density at radius 2 is 1.69 bits per heavy atom. The van der Waals surface area contributed by atoms with E-state index < -0.39 is 10.0 Å². The Morgan fingerprint density at radius 1 is 0.966 bits per heavy atom. The van der Waals surface area contributed by atoms with Crippen LogP contribution in [0.4, 0.5) is 0 Å². The quantitative estimate of drug-likeness (QED) is 0.771. The second-order valence-corrected chi connectivity index (χ2v) is 9.51. The maximum atomic E-state index is 13.3. The summed E-state index contributed by atoms with van der Waals surface area (Å²) in [7, 11) is -2.12. The van der Waals surface area contributed by atoms with E-state index in [1.165, 1.54) is 29.1 Å². The lowest BCUT2D eigenvalue weighted by atomic mass is 9.99. The van der Waals surface area contributed by atoms with Crippen LogP contribution in [0.25, 0.3) is 0 Å².